The van der Waals surface area contributed by atoms with Gasteiger partial charge in [0.1, 0.15) is 0 Å². The van der Waals surface area contributed by atoms with Crippen molar-refractivity contribution >= 4 is 45.8 Å². The first-order valence-corrected chi connectivity index (χ1v) is 11.6. The maximum Gasteiger partial charge on any atom is 0.192 e. The number of H-pyrrole nitrogens is 1. The van der Waals surface area contributed by atoms with Crippen molar-refractivity contribution in [3.05, 3.63) is 78.5 Å². The Morgan fingerprint density at radius 1 is 1.00 bits per heavy atom. The SMILES string of the molecule is CCC(N)n1c(SCCc2c[nH]c3ccccc23)nnc1-c1ccc2ccccc2c1.Cl. The number of hydrogen-bond donors (Lipinski definition) is 2. The first-order valence-electron chi connectivity index (χ1n) is 10.6. The van der Waals surface area contributed by atoms with E-state index in [4.69, 9.17) is 5.73 Å². The van der Waals surface area contributed by atoms with Crippen LogP contribution in [-0.2, 0) is 6.42 Å². The molecule has 1 unspecified atom stereocenters. The van der Waals surface area contributed by atoms with E-state index in [0.29, 0.717) is 0 Å². The lowest BCUT2D eigenvalue weighted by Crippen LogP contribution is -2.19. The second-order valence-corrected chi connectivity index (χ2v) is 8.73. The van der Waals surface area contributed by atoms with Crippen LogP contribution in [0.4, 0.5) is 0 Å². The Labute approximate surface area is 197 Å². The average molecular weight is 464 g/mol. The summed E-state index contributed by atoms with van der Waals surface area (Å²) < 4.78 is 2.09. The molecule has 1 atom stereocenters. The minimum atomic E-state index is -0.160. The van der Waals surface area contributed by atoms with E-state index in [9.17, 15) is 0 Å². The van der Waals surface area contributed by atoms with Gasteiger partial charge in [0.05, 0.1) is 6.17 Å². The molecule has 0 aliphatic rings. The highest BCUT2D eigenvalue weighted by Gasteiger charge is 2.19. The zero-order chi connectivity index (χ0) is 21.2. The Morgan fingerprint density at radius 3 is 2.62 bits per heavy atom. The number of rotatable bonds is 7. The van der Waals surface area contributed by atoms with Crippen molar-refractivity contribution in [3.63, 3.8) is 0 Å². The Morgan fingerprint density at radius 2 is 1.78 bits per heavy atom. The second-order valence-electron chi connectivity index (χ2n) is 7.67. The molecule has 0 radical (unpaired) electrons. The molecule has 2 heterocycles. The summed E-state index contributed by atoms with van der Waals surface area (Å²) in [4.78, 5) is 3.35. The number of hydrogen-bond acceptors (Lipinski definition) is 4. The summed E-state index contributed by atoms with van der Waals surface area (Å²) in [5.41, 5.74) is 10.0. The van der Waals surface area contributed by atoms with Crippen LogP contribution in [0.5, 0.6) is 0 Å². The number of thioether (sulfide) groups is 1. The van der Waals surface area contributed by atoms with E-state index in [1.807, 2.05) is 0 Å². The number of nitrogens with two attached hydrogens (primary N) is 1. The summed E-state index contributed by atoms with van der Waals surface area (Å²) in [6, 6.07) is 23.2. The highest BCUT2D eigenvalue weighted by Crippen LogP contribution is 2.30. The fourth-order valence-electron chi connectivity index (χ4n) is 3.97. The number of benzene rings is 3. The van der Waals surface area contributed by atoms with E-state index >= 15 is 0 Å². The minimum Gasteiger partial charge on any atom is -0.361 e. The van der Waals surface area contributed by atoms with E-state index in [1.165, 1.54) is 27.2 Å². The number of nitrogens with zero attached hydrogens (tertiary/aromatic N) is 3. The molecular formula is C25H26ClN5S. The topological polar surface area (TPSA) is 72.5 Å². The van der Waals surface area contributed by atoms with Gasteiger partial charge in [-0.3, -0.25) is 4.57 Å². The number of halogens is 1. The Kier molecular flexibility index (Phi) is 6.84. The normalized spacial score (nSPS) is 12.2. The summed E-state index contributed by atoms with van der Waals surface area (Å²) in [6.45, 7) is 2.09. The second kappa shape index (κ2) is 9.77. The summed E-state index contributed by atoms with van der Waals surface area (Å²) >= 11 is 1.71. The third-order valence-electron chi connectivity index (χ3n) is 5.70. The number of aryl methyl sites for hydroxylation is 1. The molecule has 164 valence electrons. The lowest BCUT2D eigenvalue weighted by atomic mass is 10.1. The molecule has 0 saturated heterocycles. The van der Waals surface area contributed by atoms with Gasteiger partial charge in [0.2, 0.25) is 0 Å². The van der Waals surface area contributed by atoms with Crippen LogP contribution in [-0.4, -0.2) is 25.5 Å². The van der Waals surface area contributed by atoms with Gasteiger partial charge in [0.25, 0.3) is 0 Å². The monoisotopic (exact) mass is 463 g/mol. The molecule has 32 heavy (non-hydrogen) atoms. The van der Waals surface area contributed by atoms with Crippen LogP contribution in [0.1, 0.15) is 25.1 Å². The highest BCUT2D eigenvalue weighted by atomic mass is 35.5. The molecule has 0 bridgehead atoms. The number of nitrogens with one attached hydrogen (secondary N) is 1. The van der Waals surface area contributed by atoms with Crippen LogP contribution in [0.15, 0.2) is 78.1 Å². The third kappa shape index (κ3) is 4.26. The van der Waals surface area contributed by atoms with Crippen LogP contribution in [0.25, 0.3) is 33.1 Å². The van der Waals surface area contributed by atoms with E-state index in [1.54, 1.807) is 11.8 Å². The smallest absolute Gasteiger partial charge is 0.192 e. The molecule has 5 rings (SSSR count). The Balaban J connectivity index is 0.00000245. The van der Waals surface area contributed by atoms with Crippen molar-refractivity contribution in [3.8, 4) is 11.4 Å². The molecule has 3 N–H and O–H groups in total. The van der Waals surface area contributed by atoms with E-state index < -0.39 is 0 Å². The summed E-state index contributed by atoms with van der Waals surface area (Å²) in [6.07, 6.45) is 3.71. The number of para-hydroxylation sites is 1. The maximum absolute atomic E-state index is 6.50. The molecule has 0 saturated carbocycles. The van der Waals surface area contributed by atoms with Gasteiger partial charge < -0.3 is 10.7 Å². The molecule has 0 spiro atoms. The summed E-state index contributed by atoms with van der Waals surface area (Å²) in [7, 11) is 0. The van der Waals surface area contributed by atoms with E-state index in [-0.39, 0.29) is 18.6 Å². The molecule has 5 nitrogen and oxygen atoms in total. The first kappa shape index (κ1) is 22.4. The van der Waals surface area contributed by atoms with Crippen molar-refractivity contribution in [1.29, 1.82) is 0 Å². The molecule has 3 aromatic carbocycles. The molecule has 0 aliphatic carbocycles. The lowest BCUT2D eigenvalue weighted by molar-refractivity contribution is 0.474. The van der Waals surface area contributed by atoms with Crippen LogP contribution in [0.2, 0.25) is 0 Å². The van der Waals surface area contributed by atoms with E-state index in [0.717, 1.165) is 35.1 Å². The zero-order valence-corrected chi connectivity index (χ0v) is 19.5. The number of fused-ring (bicyclic) bond motifs is 2. The van der Waals surface area contributed by atoms with Crippen LogP contribution in [0.3, 0.4) is 0 Å². The van der Waals surface area contributed by atoms with Gasteiger partial charge in [-0.1, -0.05) is 73.3 Å². The maximum atomic E-state index is 6.50. The molecule has 0 aliphatic heterocycles. The largest absolute Gasteiger partial charge is 0.361 e. The molecule has 7 heteroatoms. The van der Waals surface area contributed by atoms with Gasteiger partial charge in [-0.2, -0.15) is 0 Å². The van der Waals surface area contributed by atoms with Crippen LogP contribution in [0, 0.1) is 0 Å². The predicted molar refractivity (Wildman–Crippen MR) is 136 cm³/mol. The van der Waals surface area contributed by atoms with Gasteiger partial charge >= 0.3 is 0 Å². The first-order chi connectivity index (χ1) is 15.2. The molecule has 0 fully saturated rings. The Hall–Kier alpha value is -2.80. The molecule has 0 amide bonds. The summed E-state index contributed by atoms with van der Waals surface area (Å²) in [5.74, 6) is 1.74. The molecule has 2 aromatic heterocycles. The standard InChI is InChI=1S/C25H25N5S.ClH/c1-2-23(26)30-24(19-12-11-17-7-3-4-8-18(17)15-19)28-29-25(30)31-14-13-20-16-27-22-10-6-5-9-21(20)22;/h3-12,15-16,23,27H,2,13-14,26H2,1H3;1H. The fraction of sp³-hybridized carbons (Fsp3) is 0.200. The van der Waals surface area contributed by atoms with Gasteiger partial charge in [0.15, 0.2) is 11.0 Å². The minimum absolute atomic E-state index is 0. The average Bonchev–Trinajstić information content (AvgIpc) is 3.43. The Bertz CT molecular complexity index is 1340. The zero-order valence-electron chi connectivity index (χ0n) is 17.9. The van der Waals surface area contributed by atoms with Gasteiger partial charge in [-0.25, -0.2) is 0 Å². The van der Waals surface area contributed by atoms with Crippen LogP contribution < -0.4 is 5.73 Å². The lowest BCUT2D eigenvalue weighted by Gasteiger charge is -2.16. The van der Waals surface area contributed by atoms with Gasteiger partial charge in [0, 0.05) is 28.4 Å². The van der Waals surface area contributed by atoms with Gasteiger partial charge in [-0.05, 0) is 41.3 Å². The van der Waals surface area contributed by atoms with Crippen molar-refractivity contribution in [2.24, 2.45) is 5.73 Å². The van der Waals surface area contributed by atoms with Crippen molar-refractivity contribution in [2.75, 3.05) is 5.75 Å². The highest BCUT2D eigenvalue weighted by molar-refractivity contribution is 7.99. The van der Waals surface area contributed by atoms with E-state index in [2.05, 4.69) is 99.6 Å². The third-order valence-corrected chi connectivity index (χ3v) is 6.64. The van der Waals surface area contributed by atoms with Crippen molar-refractivity contribution < 1.29 is 0 Å². The van der Waals surface area contributed by atoms with Gasteiger partial charge in [-0.15, -0.1) is 22.6 Å². The van der Waals surface area contributed by atoms with Crippen LogP contribution >= 0.6 is 24.2 Å². The van der Waals surface area contributed by atoms with Crippen molar-refractivity contribution in [2.45, 2.75) is 31.1 Å². The number of aromatic amines is 1. The van der Waals surface area contributed by atoms with Crippen molar-refractivity contribution in [1.82, 2.24) is 19.7 Å². The fourth-order valence-corrected chi connectivity index (χ4v) is 4.94. The molecule has 5 aromatic rings. The molecular weight excluding hydrogens is 438 g/mol. The quantitative estimate of drug-likeness (QED) is 0.282. The summed E-state index contributed by atoms with van der Waals surface area (Å²) in [5, 5.41) is 13.6. The predicted octanol–water partition coefficient (Wildman–Crippen LogP) is 6.20. The number of aromatic nitrogens is 4.